The van der Waals surface area contributed by atoms with Gasteiger partial charge in [0.2, 0.25) is 5.91 Å². The van der Waals surface area contributed by atoms with Crippen LogP contribution in [0.4, 0.5) is 0 Å². The van der Waals surface area contributed by atoms with Gasteiger partial charge >= 0.3 is 0 Å². The van der Waals surface area contributed by atoms with Crippen LogP contribution in [0, 0.1) is 5.92 Å². The summed E-state index contributed by atoms with van der Waals surface area (Å²) in [6, 6.07) is 8.70. The fraction of sp³-hybridized carbons (Fsp3) is 0.353. The summed E-state index contributed by atoms with van der Waals surface area (Å²) in [5, 5.41) is 13.4. The van der Waals surface area contributed by atoms with Crippen LogP contribution in [0.1, 0.15) is 18.1 Å². The van der Waals surface area contributed by atoms with Crippen LogP contribution in [0.2, 0.25) is 10.0 Å². The number of carbonyl (C=O) groups is 1. The third-order valence-electron chi connectivity index (χ3n) is 3.90. The van der Waals surface area contributed by atoms with Crippen molar-refractivity contribution in [1.29, 1.82) is 0 Å². The van der Waals surface area contributed by atoms with E-state index in [1.54, 1.807) is 24.5 Å². The smallest absolute Gasteiger partial charge is 0.223 e. The fourth-order valence-corrected chi connectivity index (χ4v) is 2.84. The molecular weight excluding hydrogens is 353 g/mol. The number of rotatable bonds is 7. The minimum absolute atomic E-state index is 0.00657. The Morgan fingerprint density at radius 1 is 1.38 bits per heavy atom. The monoisotopic (exact) mass is 369 g/mol. The van der Waals surface area contributed by atoms with Gasteiger partial charge in [-0.2, -0.15) is 0 Å². The van der Waals surface area contributed by atoms with Gasteiger partial charge in [0.1, 0.15) is 29.2 Å². The van der Waals surface area contributed by atoms with E-state index in [0.717, 1.165) is 12.2 Å². The second-order valence-corrected chi connectivity index (χ2v) is 6.51. The summed E-state index contributed by atoms with van der Waals surface area (Å²) in [6.45, 7) is 0.116. The molecule has 2 aromatic rings. The van der Waals surface area contributed by atoms with E-state index >= 15 is 0 Å². The molecule has 0 bridgehead atoms. The van der Waals surface area contributed by atoms with Gasteiger partial charge in [0.15, 0.2) is 0 Å². The number of halogens is 2. The van der Waals surface area contributed by atoms with Crippen LogP contribution in [-0.4, -0.2) is 30.3 Å². The van der Waals surface area contributed by atoms with Crippen molar-refractivity contribution in [3.63, 3.8) is 0 Å². The quantitative estimate of drug-likeness (QED) is 0.785. The molecule has 3 rings (SSSR count). The third kappa shape index (κ3) is 4.04. The van der Waals surface area contributed by atoms with Crippen LogP contribution < -0.4 is 10.1 Å². The lowest BCUT2D eigenvalue weighted by Gasteiger charge is -2.14. The fourth-order valence-electron chi connectivity index (χ4n) is 2.49. The molecule has 7 heteroatoms. The summed E-state index contributed by atoms with van der Waals surface area (Å²) in [7, 11) is 0. The second-order valence-electron chi connectivity index (χ2n) is 5.73. The van der Waals surface area contributed by atoms with Crippen molar-refractivity contribution in [3.05, 3.63) is 52.4 Å². The molecule has 0 spiro atoms. The summed E-state index contributed by atoms with van der Waals surface area (Å²) in [6.07, 6.45) is 1.53. The van der Waals surface area contributed by atoms with Crippen LogP contribution in [0.3, 0.4) is 0 Å². The van der Waals surface area contributed by atoms with E-state index in [1.165, 1.54) is 0 Å². The van der Waals surface area contributed by atoms with Gasteiger partial charge in [-0.25, -0.2) is 0 Å². The number of carbonyl (C=O) groups excluding carboxylic acids is 1. The topological polar surface area (TPSA) is 71.7 Å². The van der Waals surface area contributed by atoms with Gasteiger partial charge in [0.25, 0.3) is 0 Å². The van der Waals surface area contributed by atoms with E-state index in [-0.39, 0.29) is 30.9 Å². The van der Waals surface area contributed by atoms with Crippen molar-refractivity contribution in [2.24, 2.45) is 5.92 Å². The van der Waals surface area contributed by atoms with Crippen LogP contribution in [0.25, 0.3) is 0 Å². The maximum Gasteiger partial charge on any atom is 0.223 e. The number of benzene rings is 1. The van der Waals surface area contributed by atoms with Gasteiger partial charge < -0.3 is 19.6 Å². The molecule has 1 aliphatic carbocycles. The molecule has 1 aromatic carbocycles. The number of hydrogen-bond acceptors (Lipinski definition) is 4. The van der Waals surface area contributed by atoms with Gasteiger partial charge in [-0.1, -0.05) is 29.3 Å². The Morgan fingerprint density at radius 2 is 2.21 bits per heavy atom. The van der Waals surface area contributed by atoms with Crippen LogP contribution in [-0.2, 0) is 4.79 Å². The Kier molecular flexibility index (Phi) is 5.33. The van der Waals surface area contributed by atoms with Crippen molar-refractivity contribution >= 4 is 29.1 Å². The first kappa shape index (κ1) is 17.1. The number of amides is 1. The van der Waals surface area contributed by atoms with E-state index in [2.05, 4.69) is 5.32 Å². The molecule has 24 heavy (non-hydrogen) atoms. The van der Waals surface area contributed by atoms with Crippen LogP contribution in [0.15, 0.2) is 41.0 Å². The van der Waals surface area contributed by atoms with Gasteiger partial charge in [0, 0.05) is 18.4 Å². The molecule has 1 fully saturated rings. The van der Waals surface area contributed by atoms with E-state index in [1.807, 2.05) is 12.1 Å². The number of furan rings is 1. The highest BCUT2D eigenvalue weighted by molar-refractivity contribution is 6.42. The Hall–Kier alpha value is -1.69. The first-order chi connectivity index (χ1) is 11.6. The maximum absolute atomic E-state index is 12.0. The summed E-state index contributed by atoms with van der Waals surface area (Å²) >= 11 is 11.9. The zero-order chi connectivity index (χ0) is 17.1. The standard InChI is InChI=1S/C17H17Cl2NO4/c18-13-3-1-4-15(16(13)19)24-9-10(21)8-20-17(22)12-7-11(12)14-5-2-6-23-14/h1-6,10-12,21H,7-9H2,(H,20,22)/t10-,11-,12-/m0/s1. The molecule has 3 atom stereocenters. The average Bonchev–Trinajstić information content (AvgIpc) is 3.19. The Labute approximate surface area is 149 Å². The van der Waals surface area contributed by atoms with Crippen molar-refractivity contribution in [3.8, 4) is 5.75 Å². The number of aliphatic hydroxyl groups is 1. The molecule has 1 aliphatic rings. The molecule has 128 valence electrons. The number of nitrogens with one attached hydrogen (secondary N) is 1. The lowest BCUT2D eigenvalue weighted by Crippen LogP contribution is -2.36. The van der Waals surface area contributed by atoms with E-state index < -0.39 is 6.10 Å². The molecule has 5 nitrogen and oxygen atoms in total. The third-order valence-corrected chi connectivity index (χ3v) is 4.70. The molecule has 0 aliphatic heterocycles. The molecule has 1 heterocycles. The van der Waals surface area contributed by atoms with Crippen molar-refractivity contribution in [2.45, 2.75) is 18.4 Å². The number of hydrogen-bond donors (Lipinski definition) is 2. The van der Waals surface area contributed by atoms with E-state index in [9.17, 15) is 9.90 Å². The molecule has 1 saturated carbocycles. The summed E-state index contributed by atoms with van der Waals surface area (Å²) in [5.74, 6) is 1.19. The Bertz CT molecular complexity index is 705. The Morgan fingerprint density at radius 3 is 2.96 bits per heavy atom. The second kappa shape index (κ2) is 7.47. The van der Waals surface area contributed by atoms with Crippen molar-refractivity contribution in [2.75, 3.05) is 13.2 Å². The van der Waals surface area contributed by atoms with Crippen molar-refractivity contribution in [1.82, 2.24) is 5.32 Å². The summed E-state index contributed by atoms with van der Waals surface area (Å²) < 4.78 is 10.7. The van der Waals surface area contributed by atoms with Crippen LogP contribution in [0.5, 0.6) is 5.75 Å². The minimum atomic E-state index is -0.843. The molecule has 0 saturated heterocycles. The molecule has 0 radical (unpaired) electrons. The highest BCUT2D eigenvalue weighted by atomic mass is 35.5. The maximum atomic E-state index is 12.0. The highest BCUT2D eigenvalue weighted by Gasteiger charge is 2.45. The average molecular weight is 370 g/mol. The SMILES string of the molecule is O=C(NC[C@H](O)COc1cccc(Cl)c1Cl)[C@H]1C[C@@H]1c1ccco1. The normalized spacial score (nSPS) is 20.5. The van der Waals surface area contributed by atoms with E-state index in [4.69, 9.17) is 32.4 Å². The molecular formula is C17H17Cl2NO4. The summed E-state index contributed by atoms with van der Waals surface area (Å²) in [4.78, 5) is 12.0. The molecule has 1 aromatic heterocycles. The van der Waals surface area contributed by atoms with Crippen molar-refractivity contribution < 1.29 is 19.1 Å². The predicted octanol–water partition coefficient (Wildman–Crippen LogP) is 3.25. The minimum Gasteiger partial charge on any atom is -0.489 e. The van der Waals surface area contributed by atoms with Gasteiger partial charge in [-0.15, -0.1) is 0 Å². The number of ether oxygens (including phenoxy) is 1. The largest absolute Gasteiger partial charge is 0.489 e. The molecule has 2 N–H and O–H groups in total. The lowest BCUT2D eigenvalue weighted by molar-refractivity contribution is -0.123. The summed E-state index contributed by atoms with van der Waals surface area (Å²) in [5.41, 5.74) is 0. The lowest BCUT2D eigenvalue weighted by atomic mass is 10.2. The van der Waals surface area contributed by atoms with Crippen LogP contribution >= 0.6 is 23.2 Å². The Balaban J connectivity index is 1.40. The number of aliphatic hydroxyl groups excluding tert-OH is 1. The first-order valence-electron chi connectivity index (χ1n) is 7.62. The zero-order valence-corrected chi connectivity index (χ0v) is 14.3. The van der Waals surface area contributed by atoms with Gasteiger partial charge in [0.05, 0.1) is 11.3 Å². The molecule has 0 unspecified atom stereocenters. The van der Waals surface area contributed by atoms with Gasteiger partial charge in [-0.3, -0.25) is 4.79 Å². The predicted molar refractivity (Wildman–Crippen MR) is 90.5 cm³/mol. The highest BCUT2D eigenvalue weighted by Crippen LogP contribution is 2.47. The zero-order valence-electron chi connectivity index (χ0n) is 12.7. The van der Waals surface area contributed by atoms with Gasteiger partial charge in [-0.05, 0) is 30.7 Å². The van der Waals surface area contributed by atoms with E-state index in [0.29, 0.717) is 15.8 Å². The molecule has 1 amide bonds. The first-order valence-corrected chi connectivity index (χ1v) is 8.38.